The lowest BCUT2D eigenvalue weighted by Crippen LogP contribution is -2.08. The van der Waals surface area contributed by atoms with Crippen molar-refractivity contribution in [3.8, 4) is 0 Å². The monoisotopic (exact) mass is 249 g/mol. The molecular weight excluding hydrogens is 226 g/mol. The molecule has 1 aliphatic heterocycles. The molecule has 1 aromatic rings. The quantitative estimate of drug-likeness (QED) is 0.894. The van der Waals surface area contributed by atoms with Gasteiger partial charge in [0.15, 0.2) is 5.82 Å². The standard InChI is InChI=1S/C14H23N3O/c1-3-10-4-5-11(6-10)13-16-14(18-17-13)12-8-15-7-9(12)2/h9-12,15H,3-8H2,1-2H3. The van der Waals surface area contributed by atoms with Crippen LogP contribution in [-0.2, 0) is 0 Å². The molecule has 1 aromatic heterocycles. The van der Waals surface area contributed by atoms with Gasteiger partial charge >= 0.3 is 0 Å². The van der Waals surface area contributed by atoms with Crippen molar-refractivity contribution in [1.29, 1.82) is 0 Å². The Morgan fingerprint density at radius 3 is 2.89 bits per heavy atom. The highest BCUT2D eigenvalue weighted by atomic mass is 16.5. The van der Waals surface area contributed by atoms with Gasteiger partial charge in [0.25, 0.3) is 0 Å². The average molecular weight is 249 g/mol. The Bertz CT molecular complexity index is 403. The Hall–Kier alpha value is -0.900. The fourth-order valence-electron chi connectivity index (χ4n) is 3.38. The molecule has 100 valence electrons. The van der Waals surface area contributed by atoms with Crippen LogP contribution in [0.5, 0.6) is 0 Å². The number of hydrogen-bond acceptors (Lipinski definition) is 4. The first-order chi connectivity index (χ1) is 8.78. The van der Waals surface area contributed by atoms with Gasteiger partial charge < -0.3 is 9.84 Å². The van der Waals surface area contributed by atoms with E-state index in [1.165, 1.54) is 25.7 Å². The second kappa shape index (κ2) is 5.00. The Kier molecular flexibility index (Phi) is 3.37. The third-order valence-corrected chi connectivity index (χ3v) is 4.78. The predicted molar refractivity (Wildman–Crippen MR) is 69.4 cm³/mol. The summed E-state index contributed by atoms with van der Waals surface area (Å²) in [5.74, 6) is 4.23. The smallest absolute Gasteiger partial charge is 0.231 e. The largest absolute Gasteiger partial charge is 0.339 e. The highest BCUT2D eigenvalue weighted by Crippen LogP contribution is 2.39. The maximum Gasteiger partial charge on any atom is 0.231 e. The lowest BCUT2D eigenvalue weighted by Gasteiger charge is -2.07. The topological polar surface area (TPSA) is 51.0 Å². The second-order valence-corrected chi connectivity index (χ2v) is 6.02. The molecule has 3 rings (SSSR count). The first-order valence-corrected chi connectivity index (χ1v) is 7.32. The van der Waals surface area contributed by atoms with E-state index in [-0.39, 0.29) is 0 Å². The number of nitrogens with zero attached hydrogens (tertiary/aromatic N) is 2. The molecule has 2 fully saturated rings. The van der Waals surface area contributed by atoms with Crippen LogP contribution < -0.4 is 5.32 Å². The van der Waals surface area contributed by atoms with E-state index in [4.69, 9.17) is 4.52 Å². The van der Waals surface area contributed by atoms with E-state index in [9.17, 15) is 0 Å². The molecule has 0 spiro atoms. The predicted octanol–water partition coefficient (Wildman–Crippen LogP) is 2.69. The molecule has 2 heterocycles. The molecule has 0 radical (unpaired) electrons. The Balaban J connectivity index is 1.70. The summed E-state index contributed by atoms with van der Waals surface area (Å²) in [5, 5.41) is 7.62. The molecule has 1 saturated carbocycles. The molecule has 0 aromatic carbocycles. The molecular formula is C14H23N3O. The zero-order valence-corrected chi connectivity index (χ0v) is 11.4. The van der Waals surface area contributed by atoms with Crippen molar-refractivity contribution in [3.63, 3.8) is 0 Å². The fraction of sp³-hybridized carbons (Fsp3) is 0.857. The minimum absolute atomic E-state index is 0.412. The highest BCUT2D eigenvalue weighted by Gasteiger charge is 2.32. The third kappa shape index (κ3) is 2.18. The van der Waals surface area contributed by atoms with Gasteiger partial charge in [0, 0.05) is 12.5 Å². The normalized spacial score (nSPS) is 36.3. The summed E-state index contributed by atoms with van der Waals surface area (Å²) in [6, 6.07) is 0. The molecule has 1 saturated heterocycles. The van der Waals surface area contributed by atoms with E-state index in [2.05, 4.69) is 29.3 Å². The molecule has 2 aliphatic rings. The highest BCUT2D eigenvalue weighted by molar-refractivity contribution is 5.05. The number of aromatic nitrogens is 2. The molecule has 4 unspecified atom stereocenters. The Morgan fingerprint density at radius 2 is 2.22 bits per heavy atom. The number of rotatable bonds is 3. The van der Waals surface area contributed by atoms with Gasteiger partial charge in [0.1, 0.15) is 0 Å². The molecule has 18 heavy (non-hydrogen) atoms. The van der Waals surface area contributed by atoms with Crippen LogP contribution >= 0.6 is 0 Å². The van der Waals surface area contributed by atoms with Crippen molar-refractivity contribution in [3.05, 3.63) is 11.7 Å². The number of nitrogens with one attached hydrogen (secondary N) is 1. The molecule has 0 bridgehead atoms. The van der Waals surface area contributed by atoms with Crippen LogP contribution in [0.4, 0.5) is 0 Å². The van der Waals surface area contributed by atoms with E-state index in [1.54, 1.807) is 0 Å². The Morgan fingerprint density at radius 1 is 1.33 bits per heavy atom. The van der Waals surface area contributed by atoms with Gasteiger partial charge in [-0.1, -0.05) is 25.4 Å². The van der Waals surface area contributed by atoms with E-state index >= 15 is 0 Å². The summed E-state index contributed by atoms with van der Waals surface area (Å²) in [4.78, 5) is 4.68. The molecule has 1 aliphatic carbocycles. The van der Waals surface area contributed by atoms with E-state index in [0.29, 0.717) is 17.8 Å². The average Bonchev–Trinajstić information content (AvgIpc) is 3.07. The summed E-state index contributed by atoms with van der Waals surface area (Å²) >= 11 is 0. The lowest BCUT2D eigenvalue weighted by molar-refractivity contribution is 0.334. The van der Waals surface area contributed by atoms with Crippen molar-refractivity contribution >= 4 is 0 Å². The lowest BCUT2D eigenvalue weighted by atomic mass is 9.98. The molecule has 4 atom stereocenters. The molecule has 0 amide bonds. The fourth-order valence-corrected chi connectivity index (χ4v) is 3.38. The van der Waals surface area contributed by atoms with Crippen molar-refractivity contribution in [2.24, 2.45) is 11.8 Å². The summed E-state index contributed by atoms with van der Waals surface area (Å²) in [6.07, 6.45) is 5.08. The van der Waals surface area contributed by atoms with Crippen LogP contribution in [0.25, 0.3) is 0 Å². The zero-order valence-electron chi connectivity index (χ0n) is 11.4. The van der Waals surface area contributed by atoms with Crippen molar-refractivity contribution in [1.82, 2.24) is 15.5 Å². The summed E-state index contributed by atoms with van der Waals surface area (Å²) in [6.45, 7) is 6.56. The van der Waals surface area contributed by atoms with Crippen molar-refractivity contribution in [2.75, 3.05) is 13.1 Å². The summed E-state index contributed by atoms with van der Waals surface area (Å²) in [7, 11) is 0. The molecule has 4 nitrogen and oxygen atoms in total. The summed E-state index contributed by atoms with van der Waals surface area (Å²) < 4.78 is 5.50. The van der Waals surface area contributed by atoms with E-state index < -0.39 is 0 Å². The molecule has 4 heteroatoms. The molecule has 1 N–H and O–H groups in total. The van der Waals surface area contributed by atoms with E-state index in [0.717, 1.165) is 30.7 Å². The second-order valence-electron chi connectivity index (χ2n) is 6.02. The van der Waals surface area contributed by atoms with Gasteiger partial charge in [0.2, 0.25) is 5.89 Å². The van der Waals surface area contributed by atoms with E-state index in [1.807, 2.05) is 0 Å². The third-order valence-electron chi connectivity index (χ3n) is 4.78. The first kappa shape index (κ1) is 12.2. The van der Waals surface area contributed by atoms with Crippen LogP contribution in [0.1, 0.15) is 63.1 Å². The first-order valence-electron chi connectivity index (χ1n) is 7.32. The van der Waals surface area contributed by atoms with Gasteiger partial charge in [-0.3, -0.25) is 0 Å². The Labute approximate surface area is 109 Å². The minimum atomic E-state index is 0.412. The van der Waals surface area contributed by atoms with Crippen LogP contribution in [0.15, 0.2) is 4.52 Å². The maximum atomic E-state index is 5.50. The number of hydrogen-bond donors (Lipinski definition) is 1. The van der Waals surface area contributed by atoms with Gasteiger partial charge in [-0.25, -0.2) is 0 Å². The van der Waals surface area contributed by atoms with Gasteiger partial charge in [0.05, 0.1) is 5.92 Å². The van der Waals surface area contributed by atoms with Crippen LogP contribution in [0.2, 0.25) is 0 Å². The zero-order chi connectivity index (χ0) is 12.5. The van der Waals surface area contributed by atoms with Crippen molar-refractivity contribution in [2.45, 2.75) is 51.4 Å². The SMILES string of the molecule is CCC1CCC(c2noc(C3CNCC3C)n2)C1. The van der Waals surface area contributed by atoms with Gasteiger partial charge in [-0.15, -0.1) is 0 Å². The van der Waals surface area contributed by atoms with Gasteiger partial charge in [-0.05, 0) is 37.6 Å². The van der Waals surface area contributed by atoms with Crippen LogP contribution in [0.3, 0.4) is 0 Å². The van der Waals surface area contributed by atoms with Crippen LogP contribution in [0, 0.1) is 11.8 Å². The van der Waals surface area contributed by atoms with Crippen molar-refractivity contribution < 1.29 is 4.52 Å². The van der Waals surface area contributed by atoms with Gasteiger partial charge in [-0.2, -0.15) is 4.98 Å². The summed E-state index contributed by atoms with van der Waals surface area (Å²) in [5.41, 5.74) is 0. The van der Waals surface area contributed by atoms with Crippen LogP contribution in [-0.4, -0.2) is 23.2 Å². The minimum Gasteiger partial charge on any atom is -0.339 e. The maximum absolute atomic E-state index is 5.50.